The minimum Gasteiger partial charge on any atom is -0.370 e. The first-order chi connectivity index (χ1) is 8.36. The van der Waals surface area contributed by atoms with Gasteiger partial charge in [-0.15, -0.1) is 0 Å². The van der Waals surface area contributed by atoms with Crippen molar-refractivity contribution in [1.82, 2.24) is 9.97 Å². The van der Waals surface area contributed by atoms with E-state index in [1.165, 1.54) is 0 Å². The number of nitrogens with zero attached hydrogens (tertiary/aromatic N) is 3. The maximum atomic E-state index is 5.69. The van der Waals surface area contributed by atoms with Crippen LogP contribution in [-0.4, -0.2) is 29.6 Å². The third-order valence-electron chi connectivity index (χ3n) is 3.67. The van der Waals surface area contributed by atoms with E-state index in [9.17, 15) is 0 Å². The van der Waals surface area contributed by atoms with Gasteiger partial charge in [-0.25, -0.2) is 9.97 Å². The molecule has 3 rings (SSSR count). The van der Waals surface area contributed by atoms with E-state index in [2.05, 4.69) is 14.9 Å². The van der Waals surface area contributed by atoms with E-state index in [1.54, 1.807) is 0 Å². The van der Waals surface area contributed by atoms with E-state index in [-0.39, 0.29) is 0 Å². The Kier molecular flexibility index (Phi) is 2.94. The molecule has 0 radical (unpaired) electrons. The van der Waals surface area contributed by atoms with Crippen LogP contribution in [0.5, 0.6) is 0 Å². The van der Waals surface area contributed by atoms with Crippen molar-refractivity contribution in [2.45, 2.75) is 26.1 Å². The van der Waals surface area contributed by atoms with Crippen LogP contribution in [0.3, 0.4) is 0 Å². The van der Waals surface area contributed by atoms with Crippen LogP contribution in [0.1, 0.15) is 24.1 Å². The molecule has 3 heterocycles. The van der Waals surface area contributed by atoms with Gasteiger partial charge in [-0.3, -0.25) is 0 Å². The molecule has 0 unspecified atom stereocenters. The van der Waals surface area contributed by atoms with Crippen molar-refractivity contribution < 1.29 is 4.74 Å². The Hall–Kier alpha value is -1.20. The number of nitrogens with two attached hydrogens (primary N) is 1. The highest BCUT2D eigenvalue weighted by molar-refractivity contribution is 5.34. The molecule has 5 heteroatoms. The van der Waals surface area contributed by atoms with E-state index < -0.39 is 0 Å². The highest BCUT2D eigenvalue weighted by atomic mass is 16.5. The lowest BCUT2D eigenvalue weighted by Crippen LogP contribution is -2.37. The van der Waals surface area contributed by atoms with Gasteiger partial charge in [0.1, 0.15) is 0 Å². The standard InChI is InChI=1S/C12H18N4O/c13-5-9-1-3-16(4-2-9)12-14-6-10-7-17-8-11(10)15-12/h6,9H,1-5,7-8,13H2. The Morgan fingerprint density at radius 2 is 2.18 bits per heavy atom. The quantitative estimate of drug-likeness (QED) is 0.815. The minimum atomic E-state index is 0.629. The molecule has 0 aliphatic carbocycles. The minimum absolute atomic E-state index is 0.629. The average Bonchev–Trinajstić information content (AvgIpc) is 2.86. The molecule has 2 aliphatic heterocycles. The molecule has 0 amide bonds. The summed E-state index contributed by atoms with van der Waals surface area (Å²) in [5, 5.41) is 0. The monoisotopic (exact) mass is 234 g/mol. The van der Waals surface area contributed by atoms with E-state index in [4.69, 9.17) is 10.5 Å². The second-order valence-corrected chi connectivity index (χ2v) is 4.80. The molecule has 0 saturated carbocycles. The molecule has 0 atom stereocenters. The molecule has 2 N–H and O–H groups in total. The molecule has 2 aliphatic rings. The first kappa shape index (κ1) is 10.9. The summed E-state index contributed by atoms with van der Waals surface area (Å²) in [5.74, 6) is 1.52. The number of hydrogen-bond donors (Lipinski definition) is 1. The topological polar surface area (TPSA) is 64.3 Å². The number of hydrogen-bond acceptors (Lipinski definition) is 5. The van der Waals surface area contributed by atoms with Crippen molar-refractivity contribution >= 4 is 5.95 Å². The fourth-order valence-corrected chi connectivity index (χ4v) is 2.46. The Morgan fingerprint density at radius 3 is 2.94 bits per heavy atom. The van der Waals surface area contributed by atoms with Crippen molar-refractivity contribution in [3.63, 3.8) is 0 Å². The summed E-state index contributed by atoms with van der Waals surface area (Å²) in [5.41, 5.74) is 7.88. The van der Waals surface area contributed by atoms with E-state index in [0.717, 1.165) is 49.7 Å². The number of ether oxygens (including phenoxy) is 1. The van der Waals surface area contributed by atoms with Gasteiger partial charge in [-0.1, -0.05) is 0 Å². The zero-order chi connectivity index (χ0) is 11.7. The smallest absolute Gasteiger partial charge is 0.225 e. The van der Waals surface area contributed by atoms with Gasteiger partial charge in [0.2, 0.25) is 5.95 Å². The van der Waals surface area contributed by atoms with Gasteiger partial charge < -0.3 is 15.4 Å². The van der Waals surface area contributed by atoms with Crippen LogP contribution in [0, 0.1) is 5.92 Å². The highest BCUT2D eigenvalue weighted by Gasteiger charge is 2.21. The molecule has 0 bridgehead atoms. The molecule has 0 spiro atoms. The van der Waals surface area contributed by atoms with Crippen LogP contribution in [0.4, 0.5) is 5.95 Å². The zero-order valence-corrected chi connectivity index (χ0v) is 9.93. The summed E-state index contributed by atoms with van der Waals surface area (Å²) in [7, 11) is 0. The van der Waals surface area contributed by atoms with Gasteiger partial charge in [-0.05, 0) is 25.3 Å². The van der Waals surface area contributed by atoms with Crippen molar-refractivity contribution in [2.75, 3.05) is 24.5 Å². The molecule has 17 heavy (non-hydrogen) atoms. The predicted molar refractivity (Wildman–Crippen MR) is 64.5 cm³/mol. The van der Waals surface area contributed by atoms with Crippen molar-refractivity contribution in [3.8, 4) is 0 Å². The van der Waals surface area contributed by atoms with Gasteiger partial charge in [0.05, 0.1) is 18.9 Å². The second kappa shape index (κ2) is 4.58. The van der Waals surface area contributed by atoms with Crippen molar-refractivity contribution in [3.05, 3.63) is 17.5 Å². The third kappa shape index (κ3) is 2.12. The SMILES string of the molecule is NCC1CCN(c2ncc3c(n2)COC3)CC1. The Labute approximate surface area is 101 Å². The van der Waals surface area contributed by atoms with Crippen LogP contribution in [0.2, 0.25) is 0 Å². The molecule has 1 saturated heterocycles. The second-order valence-electron chi connectivity index (χ2n) is 4.80. The lowest BCUT2D eigenvalue weighted by molar-refractivity contribution is 0.133. The third-order valence-corrected chi connectivity index (χ3v) is 3.67. The summed E-state index contributed by atoms with van der Waals surface area (Å²) in [6, 6.07) is 0. The summed E-state index contributed by atoms with van der Waals surface area (Å²) < 4.78 is 5.35. The van der Waals surface area contributed by atoms with Crippen LogP contribution < -0.4 is 10.6 Å². The molecule has 5 nitrogen and oxygen atoms in total. The number of piperidine rings is 1. The fourth-order valence-electron chi connectivity index (χ4n) is 2.46. The van der Waals surface area contributed by atoms with Gasteiger partial charge >= 0.3 is 0 Å². The van der Waals surface area contributed by atoms with Crippen molar-refractivity contribution in [1.29, 1.82) is 0 Å². The van der Waals surface area contributed by atoms with Crippen LogP contribution in [0.25, 0.3) is 0 Å². The highest BCUT2D eigenvalue weighted by Crippen LogP contribution is 2.23. The lowest BCUT2D eigenvalue weighted by Gasteiger charge is -2.31. The first-order valence-corrected chi connectivity index (χ1v) is 6.24. The zero-order valence-electron chi connectivity index (χ0n) is 9.93. The Morgan fingerprint density at radius 1 is 1.35 bits per heavy atom. The van der Waals surface area contributed by atoms with Gasteiger partial charge in [0.15, 0.2) is 0 Å². The lowest BCUT2D eigenvalue weighted by atomic mass is 9.97. The molecular formula is C12H18N4O. The van der Waals surface area contributed by atoms with Crippen LogP contribution in [0.15, 0.2) is 6.20 Å². The van der Waals surface area contributed by atoms with E-state index in [0.29, 0.717) is 19.1 Å². The first-order valence-electron chi connectivity index (χ1n) is 6.24. The summed E-state index contributed by atoms with van der Waals surface area (Å²) in [6.45, 7) is 4.12. The van der Waals surface area contributed by atoms with E-state index in [1.807, 2.05) is 6.20 Å². The van der Waals surface area contributed by atoms with Crippen molar-refractivity contribution in [2.24, 2.45) is 11.7 Å². The van der Waals surface area contributed by atoms with Gasteiger partial charge in [0.25, 0.3) is 0 Å². The van der Waals surface area contributed by atoms with Gasteiger partial charge in [-0.2, -0.15) is 0 Å². The molecule has 92 valence electrons. The number of fused-ring (bicyclic) bond motifs is 1. The fraction of sp³-hybridized carbons (Fsp3) is 0.667. The molecule has 0 aromatic carbocycles. The largest absolute Gasteiger partial charge is 0.370 e. The van der Waals surface area contributed by atoms with Crippen LogP contribution >= 0.6 is 0 Å². The van der Waals surface area contributed by atoms with E-state index >= 15 is 0 Å². The number of rotatable bonds is 2. The maximum Gasteiger partial charge on any atom is 0.225 e. The maximum absolute atomic E-state index is 5.69. The molecular weight excluding hydrogens is 216 g/mol. The summed E-state index contributed by atoms with van der Waals surface area (Å²) in [6.07, 6.45) is 4.20. The Bertz CT molecular complexity index is 401. The number of anilines is 1. The average molecular weight is 234 g/mol. The summed E-state index contributed by atoms with van der Waals surface area (Å²) in [4.78, 5) is 11.3. The van der Waals surface area contributed by atoms with Crippen LogP contribution in [-0.2, 0) is 18.0 Å². The number of aromatic nitrogens is 2. The molecule has 1 fully saturated rings. The normalized spacial score (nSPS) is 20.6. The van der Waals surface area contributed by atoms with Gasteiger partial charge in [0, 0.05) is 24.8 Å². The Balaban J connectivity index is 1.72. The predicted octanol–water partition coefficient (Wildman–Crippen LogP) is 0.682. The molecule has 1 aromatic heterocycles. The summed E-state index contributed by atoms with van der Waals surface area (Å²) >= 11 is 0. The molecule has 1 aromatic rings.